The molecule has 0 bridgehead atoms. The molecule has 1 heterocycles. The lowest BCUT2D eigenvalue weighted by molar-refractivity contribution is 0.600. The molecule has 1 aromatic carbocycles. The maximum Gasteiger partial charge on any atom is 0.146 e. The molecule has 1 aromatic heterocycles. The maximum atomic E-state index is 13.4. The monoisotopic (exact) mass is 209 g/mol. The highest BCUT2D eigenvalue weighted by atomic mass is 35.5. The molecule has 2 aromatic rings. The van der Waals surface area contributed by atoms with E-state index >= 15 is 0 Å². The number of benzene rings is 1. The zero-order chi connectivity index (χ0) is 9.97. The average Bonchev–Trinajstić information content (AvgIpc) is 2.66. The van der Waals surface area contributed by atoms with Gasteiger partial charge in [0.25, 0.3) is 0 Å². The summed E-state index contributed by atoms with van der Waals surface area (Å²) in [5.74, 6) is -0.331. The molecule has 2 rings (SSSR count). The van der Waals surface area contributed by atoms with Crippen LogP contribution in [0.1, 0.15) is 5.56 Å². The first kappa shape index (κ1) is 9.28. The van der Waals surface area contributed by atoms with Crippen LogP contribution in [0.5, 0.6) is 0 Å². The predicted molar refractivity (Wildman–Crippen MR) is 54.9 cm³/mol. The molecule has 0 N–H and O–H groups in total. The zero-order valence-corrected chi connectivity index (χ0v) is 8.21. The molecule has 0 radical (unpaired) electrons. The van der Waals surface area contributed by atoms with Crippen LogP contribution in [-0.2, 0) is 6.54 Å². The molecule has 0 spiro atoms. The van der Waals surface area contributed by atoms with Crippen LogP contribution >= 0.6 is 11.6 Å². The van der Waals surface area contributed by atoms with E-state index < -0.39 is 0 Å². The number of aromatic nitrogens is 1. The molecule has 0 amide bonds. The van der Waals surface area contributed by atoms with E-state index in [1.165, 1.54) is 0 Å². The van der Waals surface area contributed by atoms with Crippen LogP contribution in [0.4, 0.5) is 4.39 Å². The Hall–Kier alpha value is -1.28. The summed E-state index contributed by atoms with van der Waals surface area (Å²) in [6.45, 7) is 0.513. The van der Waals surface area contributed by atoms with Gasteiger partial charge in [-0.25, -0.2) is 4.39 Å². The second kappa shape index (κ2) is 3.84. The summed E-state index contributed by atoms with van der Waals surface area (Å²) in [4.78, 5) is 0. The molecule has 0 aliphatic heterocycles. The number of hydrogen-bond acceptors (Lipinski definition) is 0. The van der Waals surface area contributed by atoms with Gasteiger partial charge in [-0.1, -0.05) is 23.7 Å². The van der Waals surface area contributed by atoms with Crippen LogP contribution in [0.2, 0.25) is 5.02 Å². The first-order chi connectivity index (χ1) is 6.77. The Bertz CT molecular complexity index is 423. The van der Waals surface area contributed by atoms with E-state index in [0.29, 0.717) is 12.1 Å². The van der Waals surface area contributed by atoms with Crippen molar-refractivity contribution in [2.24, 2.45) is 0 Å². The second-order valence-electron chi connectivity index (χ2n) is 3.07. The highest BCUT2D eigenvalue weighted by molar-refractivity contribution is 6.30. The first-order valence-electron chi connectivity index (χ1n) is 4.31. The quantitative estimate of drug-likeness (QED) is 0.715. The third-order valence-corrected chi connectivity index (χ3v) is 2.34. The molecular weight excluding hydrogens is 201 g/mol. The third kappa shape index (κ3) is 1.80. The van der Waals surface area contributed by atoms with Crippen molar-refractivity contribution in [3.63, 3.8) is 0 Å². The molecular formula is C11H9ClFN. The lowest BCUT2D eigenvalue weighted by Gasteiger charge is -2.05. The number of hydrogen-bond donors (Lipinski definition) is 0. The van der Waals surface area contributed by atoms with Gasteiger partial charge in [-0.15, -0.1) is 0 Å². The number of nitrogens with zero attached hydrogens (tertiary/aromatic N) is 1. The summed E-state index contributed by atoms with van der Waals surface area (Å²) in [5.41, 5.74) is 0.605. The highest BCUT2D eigenvalue weighted by Crippen LogP contribution is 2.18. The summed E-state index contributed by atoms with van der Waals surface area (Å²) < 4.78 is 15.3. The van der Waals surface area contributed by atoms with Crippen LogP contribution in [0.25, 0.3) is 0 Å². The van der Waals surface area contributed by atoms with Crippen molar-refractivity contribution in [2.75, 3.05) is 0 Å². The maximum absolute atomic E-state index is 13.4. The van der Waals surface area contributed by atoms with Crippen molar-refractivity contribution < 1.29 is 4.39 Å². The van der Waals surface area contributed by atoms with Crippen LogP contribution in [-0.4, -0.2) is 4.57 Å². The van der Waals surface area contributed by atoms with Gasteiger partial charge in [0.15, 0.2) is 0 Å². The fraction of sp³-hybridized carbons (Fsp3) is 0.0909. The molecule has 0 saturated carbocycles. The minimum absolute atomic E-state index is 0.176. The van der Waals surface area contributed by atoms with E-state index in [9.17, 15) is 4.39 Å². The van der Waals surface area contributed by atoms with E-state index in [-0.39, 0.29) is 10.8 Å². The smallest absolute Gasteiger partial charge is 0.146 e. The summed E-state index contributed by atoms with van der Waals surface area (Å²) in [5, 5.41) is 0.176. The Morgan fingerprint density at radius 2 is 1.86 bits per heavy atom. The standard InChI is InChI=1S/C11H9ClFN/c12-10-5-3-4-9(11(10)13)8-14-6-1-2-7-14/h1-7H,8H2. The topological polar surface area (TPSA) is 4.93 Å². The molecule has 14 heavy (non-hydrogen) atoms. The highest BCUT2D eigenvalue weighted by Gasteiger charge is 2.05. The van der Waals surface area contributed by atoms with Gasteiger partial charge < -0.3 is 4.57 Å². The van der Waals surface area contributed by atoms with Gasteiger partial charge in [0.1, 0.15) is 5.82 Å². The van der Waals surface area contributed by atoms with Crippen LogP contribution in [0.3, 0.4) is 0 Å². The minimum atomic E-state index is -0.331. The van der Waals surface area contributed by atoms with Crippen LogP contribution in [0.15, 0.2) is 42.7 Å². The number of halogens is 2. The molecule has 0 fully saturated rings. The first-order valence-corrected chi connectivity index (χ1v) is 4.69. The van der Waals surface area contributed by atoms with E-state index in [2.05, 4.69) is 0 Å². The average molecular weight is 210 g/mol. The van der Waals surface area contributed by atoms with E-state index in [1.807, 2.05) is 29.1 Å². The number of rotatable bonds is 2. The SMILES string of the molecule is Fc1c(Cl)cccc1Cn1cccc1. The molecule has 72 valence electrons. The summed E-state index contributed by atoms with van der Waals surface area (Å²) >= 11 is 5.67. The van der Waals surface area contributed by atoms with E-state index in [0.717, 1.165) is 0 Å². The molecule has 0 aliphatic rings. The van der Waals surface area contributed by atoms with Gasteiger partial charge in [-0.3, -0.25) is 0 Å². The molecule has 0 saturated heterocycles. The fourth-order valence-corrected chi connectivity index (χ4v) is 1.54. The van der Waals surface area contributed by atoms with E-state index in [1.54, 1.807) is 18.2 Å². The molecule has 0 unspecified atom stereocenters. The van der Waals surface area contributed by atoms with Crippen molar-refractivity contribution in [2.45, 2.75) is 6.54 Å². The van der Waals surface area contributed by atoms with Crippen molar-refractivity contribution >= 4 is 11.6 Å². The van der Waals surface area contributed by atoms with Crippen LogP contribution in [0, 0.1) is 5.82 Å². The van der Waals surface area contributed by atoms with Gasteiger partial charge in [0, 0.05) is 24.5 Å². The Morgan fingerprint density at radius 1 is 1.14 bits per heavy atom. The largest absolute Gasteiger partial charge is 0.350 e. The van der Waals surface area contributed by atoms with E-state index in [4.69, 9.17) is 11.6 Å². The predicted octanol–water partition coefficient (Wildman–Crippen LogP) is 3.33. The van der Waals surface area contributed by atoms with Gasteiger partial charge in [0.2, 0.25) is 0 Å². The van der Waals surface area contributed by atoms with Crippen molar-refractivity contribution in [1.29, 1.82) is 0 Å². The lowest BCUT2D eigenvalue weighted by atomic mass is 10.2. The Morgan fingerprint density at radius 3 is 2.57 bits per heavy atom. The zero-order valence-electron chi connectivity index (χ0n) is 7.45. The van der Waals surface area contributed by atoms with Crippen molar-refractivity contribution in [3.05, 3.63) is 59.1 Å². The lowest BCUT2D eigenvalue weighted by Crippen LogP contribution is -1.99. The van der Waals surface area contributed by atoms with Crippen LogP contribution < -0.4 is 0 Å². The van der Waals surface area contributed by atoms with Crippen molar-refractivity contribution in [3.8, 4) is 0 Å². The summed E-state index contributed by atoms with van der Waals surface area (Å²) in [6, 6.07) is 8.85. The summed E-state index contributed by atoms with van der Waals surface area (Å²) in [7, 11) is 0. The third-order valence-electron chi connectivity index (χ3n) is 2.05. The molecule has 0 aliphatic carbocycles. The molecule has 0 atom stereocenters. The van der Waals surface area contributed by atoms with Crippen molar-refractivity contribution in [1.82, 2.24) is 4.57 Å². The molecule has 1 nitrogen and oxygen atoms in total. The second-order valence-corrected chi connectivity index (χ2v) is 3.48. The van der Waals surface area contributed by atoms with Gasteiger partial charge in [-0.05, 0) is 18.2 Å². The molecule has 3 heteroatoms. The van der Waals surface area contributed by atoms with Gasteiger partial charge in [0.05, 0.1) is 5.02 Å². The minimum Gasteiger partial charge on any atom is -0.350 e. The fourth-order valence-electron chi connectivity index (χ4n) is 1.34. The Balaban J connectivity index is 2.29. The van der Waals surface area contributed by atoms with Gasteiger partial charge in [-0.2, -0.15) is 0 Å². The summed E-state index contributed by atoms with van der Waals surface area (Å²) in [6.07, 6.45) is 3.78. The Labute approximate surface area is 86.7 Å². The van der Waals surface area contributed by atoms with Gasteiger partial charge >= 0.3 is 0 Å². The normalized spacial score (nSPS) is 10.4. The Kier molecular flexibility index (Phi) is 2.55.